The van der Waals surface area contributed by atoms with E-state index in [0.29, 0.717) is 18.0 Å². The Labute approximate surface area is 119 Å². The van der Waals surface area contributed by atoms with E-state index in [9.17, 15) is 0 Å². The second kappa shape index (κ2) is 5.36. The summed E-state index contributed by atoms with van der Waals surface area (Å²) in [4.78, 5) is 0. The van der Waals surface area contributed by atoms with Gasteiger partial charge in [-0.1, -0.05) is 54.1 Å². The smallest absolute Gasteiger partial charge is 0.0409 e. The molecule has 0 aromatic heterocycles. The minimum atomic E-state index is 0.345. The summed E-state index contributed by atoms with van der Waals surface area (Å²) >= 11 is 6.04. The van der Waals surface area contributed by atoms with E-state index in [2.05, 4.69) is 48.6 Å². The first-order valence-electron chi connectivity index (χ1n) is 6.80. The van der Waals surface area contributed by atoms with Gasteiger partial charge in [0.15, 0.2) is 0 Å². The van der Waals surface area contributed by atoms with Gasteiger partial charge in [-0.3, -0.25) is 0 Å². The third kappa shape index (κ3) is 2.99. The van der Waals surface area contributed by atoms with Gasteiger partial charge < -0.3 is 5.32 Å². The maximum absolute atomic E-state index is 6.04. The van der Waals surface area contributed by atoms with Gasteiger partial charge in [0, 0.05) is 23.0 Å². The molecule has 3 rings (SSSR count). The zero-order chi connectivity index (χ0) is 13.2. The lowest BCUT2D eigenvalue weighted by Gasteiger charge is -2.14. The average molecular weight is 272 g/mol. The molecule has 0 heterocycles. The molecule has 0 aliphatic heterocycles. The first-order valence-corrected chi connectivity index (χ1v) is 7.18. The van der Waals surface area contributed by atoms with E-state index in [0.717, 1.165) is 5.02 Å². The number of hydrogen-bond donors (Lipinski definition) is 1. The van der Waals surface area contributed by atoms with Crippen LogP contribution in [0.25, 0.3) is 0 Å². The van der Waals surface area contributed by atoms with E-state index in [4.69, 9.17) is 11.6 Å². The summed E-state index contributed by atoms with van der Waals surface area (Å²) in [5.41, 5.74) is 2.70. The van der Waals surface area contributed by atoms with Crippen LogP contribution in [0.1, 0.15) is 36.4 Å². The molecule has 0 amide bonds. The summed E-state index contributed by atoms with van der Waals surface area (Å²) in [7, 11) is 0. The largest absolute Gasteiger partial charge is 0.307 e. The van der Waals surface area contributed by atoms with Crippen LogP contribution < -0.4 is 5.32 Å². The molecule has 0 bridgehead atoms. The van der Waals surface area contributed by atoms with Gasteiger partial charge in [0.25, 0.3) is 0 Å². The van der Waals surface area contributed by atoms with Crippen LogP contribution in [-0.4, -0.2) is 6.04 Å². The fourth-order valence-electron chi connectivity index (χ4n) is 2.64. The Morgan fingerprint density at radius 3 is 2.63 bits per heavy atom. The fraction of sp³-hybridized carbons (Fsp3) is 0.294. The van der Waals surface area contributed by atoms with Crippen LogP contribution in [0.2, 0.25) is 5.02 Å². The molecule has 2 heteroatoms. The standard InChI is InChI=1S/C17H18ClN/c1-12(14-8-5-9-15(18)10-14)19-17-11-16(17)13-6-3-2-4-7-13/h2-10,12,16-17,19H,11H2,1H3. The molecule has 1 fully saturated rings. The van der Waals surface area contributed by atoms with Crippen molar-refractivity contribution in [2.45, 2.75) is 31.3 Å². The van der Waals surface area contributed by atoms with Gasteiger partial charge in [0.1, 0.15) is 0 Å². The molecule has 3 atom stereocenters. The molecule has 1 saturated carbocycles. The van der Waals surface area contributed by atoms with E-state index in [1.807, 2.05) is 18.2 Å². The molecule has 19 heavy (non-hydrogen) atoms. The highest BCUT2D eigenvalue weighted by Crippen LogP contribution is 2.41. The van der Waals surface area contributed by atoms with Crippen molar-refractivity contribution in [1.82, 2.24) is 5.32 Å². The number of rotatable bonds is 4. The lowest BCUT2D eigenvalue weighted by molar-refractivity contribution is 0.563. The Hall–Kier alpha value is -1.31. The summed E-state index contributed by atoms with van der Waals surface area (Å²) in [6.45, 7) is 2.20. The summed E-state index contributed by atoms with van der Waals surface area (Å²) in [6, 6.07) is 19.8. The van der Waals surface area contributed by atoms with Crippen molar-refractivity contribution in [3.8, 4) is 0 Å². The summed E-state index contributed by atoms with van der Waals surface area (Å²) in [5, 5.41) is 4.49. The molecule has 2 aromatic carbocycles. The minimum Gasteiger partial charge on any atom is -0.307 e. The molecule has 0 radical (unpaired) electrons. The second-order valence-corrected chi connectivity index (χ2v) is 5.74. The fourth-order valence-corrected chi connectivity index (χ4v) is 2.84. The van der Waals surface area contributed by atoms with E-state index in [1.165, 1.54) is 17.5 Å². The van der Waals surface area contributed by atoms with Gasteiger partial charge in [-0.25, -0.2) is 0 Å². The number of hydrogen-bond acceptors (Lipinski definition) is 1. The molecule has 1 aliphatic carbocycles. The Balaban J connectivity index is 1.62. The van der Waals surface area contributed by atoms with E-state index < -0.39 is 0 Å². The zero-order valence-electron chi connectivity index (χ0n) is 11.0. The van der Waals surface area contributed by atoms with Crippen LogP contribution in [-0.2, 0) is 0 Å². The lowest BCUT2D eigenvalue weighted by atomic mass is 10.1. The quantitative estimate of drug-likeness (QED) is 0.860. The zero-order valence-corrected chi connectivity index (χ0v) is 11.8. The molecule has 98 valence electrons. The minimum absolute atomic E-state index is 0.345. The molecule has 1 aliphatic rings. The van der Waals surface area contributed by atoms with Crippen LogP contribution in [0.3, 0.4) is 0 Å². The maximum Gasteiger partial charge on any atom is 0.0409 e. The average Bonchev–Trinajstić information content (AvgIpc) is 3.19. The van der Waals surface area contributed by atoms with Gasteiger partial charge in [-0.05, 0) is 36.6 Å². The maximum atomic E-state index is 6.04. The Morgan fingerprint density at radius 1 is 1.11 bits per heavy atom. The molecule has 3 unspecified atom stereocenters. The molecule has 0 saturated heterocycles. The monoisotopic (exact) mass is 271 g/mol. The predicted molar refractivity (Wildman–Crippen MR) is 80.6 cm³/mol. The highest BCUT2D eigenvalue weighted by Gasteiger charge is 2.38. The Bertz CT molecular complexity index is 552. The number of nitrogens with one attached hydrogen (secondary N) is 1. The van der Waals surface area contributed by atoms with Crippen molar-refractivity contribution >= 4 is 11.6 Å². The molecule has 1 nitrogen and oxygen atoms in total. The Morgan fingerprint density at radius 2 is 1.89 bits per heavy atom. The summed E-state index contributed by atoms with van der Waals surface area (Å²) in [5.74, 6) is 0.669. The van der Waals surface area contributed by atoms with Crippen molar-refractivity contribution in [2.75, 3.05) is 0 Å². The van der Waals surface area contributed by atoms with Crippen molar-refractivity contribution in [1.29, 1.82) is 0 Å². The number of halogens is 1. The van der Waals surface area contributed by atoms with E-state index in [-0.39, 0.29) is 0 Å². The first-order chi connectivity index (χ1) is 9.24. The first kappa shape index (κ1) is 12.7. The molecule has 2 aromatic rings. The molecule has 0 spiro atoms. The second-order valence-electron chi connectivity index (χ2n) is 5.30. The van der Waals surface area contributed by atoms with Crippen LogP contribution >= 0.6 is 11.6 Å². The van der Waals surface area contributed by atoms with Crippen LogP contribution in [0.4, 0.5) is 0 Å². The summed E-state index contributed by atoms with van der Waals surface area (Å²) in [6.07, 6.45) is 1.23. The topological polar surface area (TPSA) is 12.0 Å². The lowest BCUT2D eigenvalue weighted by Crippen LogP contribution is -2.22. The summed E-state index contributed by atoms with van der Waals surface area (Å²) < 4.78 is 0. The van der Waals surface area contributed by atoms with Crippen molar-refractivity contribution in [3.05, 3.63) is 70.7 Å². The van der Waals surface area contributed by atoms with Gasteiger partial charge in [0.2, 0.25) is 0 Å². The van der Waals surface area contributed by atoms with Crippen molar-refractivity contribution in [3.63, 3.8) is 0 Å². The highest BCUT2D eigenvalue weighted by molar-refractivity contribution is 6.30. The molecular weight excluding hydrogens is 254 g/mol. The van der Waals surface area contributed by atoms with Crippen LogP contribution in [0.15, 0.2) is 54.6 Å². The number of benzene rings is 2. The van der Waals surface area contributed by atoms with Gasteiger partial charge in [-0.2, -0.15) is 0 Å². The third-order valence-electron chi connectivity index (χ3n) is 3.83. The van der Waals surface area contributed by atoms with Gasteiger partial charge >= 0.3 is 0 Å². The van der Waals surface area contributed by atoms with E-state index in [1.54, 1.807) is 0 Å². The van der Waals surface area contributed by atoms with Gasteiger partial charge in [-0.15, -0.1) is 0 Å². The highest BCUT2D eigenvalue weighted by atomic mass is 35.5. The molecular formula is C17H18ClN. The third-order valence-corrected chi connectivity index (χ3v) is 4.07. The normalized spacial score (nSPS) is 23.1. The molecule has 1 N–H and O–H groups in total. The van der Waals surface area contributed by atoms with Crippen molar-refractivity contribution in [2.24, 2.45) is 0 Å². The SMILES string of the molecule is CC(NC1CC1c1ccccc1)c1cccc(Cl)c1. The van der Waals surface area contributed by atoms with Crippen LogP contribution in [0, 0.1) is 0 Å². The van der Waals surface area contributed by atoms with E-state index >= 15 is 0 Å². The van der Waals surface area contributed by atoms with Crippen molar-refractivity contribution < 1.29 is 0 Å². The Kier molecular flexibility index (Phi) is 3.58. The van der Waals surface area contributed by atoms with Gasteiger partial charge in [0.05, 0.1) is 0 Å². The predicted octanol–water partition coefficient (Wildman–Crippen LogP) is 4.55. The van der Waals surface area contributed by atoms with Crippen LogP contribution in [0.5, 0.6) is 0 Å².